The molecular formula is C6H10ClN3OS. The van der Waals surface area contributed by atoms with Crippen molar-refractivity contribution in [3.63, 3.8) is 0 Å². The quantitative estimate of drug-likeness (QED) is 0.786. The summed E-state index contributed by atoms with van der Waals surface area (Å²) < 4.78 is 7.66. The first kappa shape index (κ1) is 9.70. The van der Waals surface area contributed by atoms with E-state index >= 15 is 0 Å². The van der Waals surface area contributed by atoms with Crippen LogP contribution in [0.3, 0.4) is 0 Å². The number of anilines is 1. The minimum atomic E-state index is -0.771. The molecule has 0 aliphatic rings. The summed E-state index contributed by atoms with van der Waals surface area (Å²) in [7, 11) is 0. The van der Waals surface area contributed by atoms with Crippen molar-refractivity contribution >= 4 is 29.1 Å². The predicted octanol–water partition coefficient (Wildman–Crippen LogP) is 1.37. The maximum absolute atomic E-state index is 9.36. The fraction of sp³-hybridized carbons (Fsp3) is 0.667. The van der Waals surface area contributed by atoms with Crippen LogP contribution >= 0.6 is 23.3 Å². The largest absolute Gasteiger partial charge is 0.389 e. The normalized spacial score (nSPS) is 11.7. The van der Waals surface area contributed by atoms with E-state index in [2.05, 4.69) is 14.1 Å². The number of hydrogen-bond donors (Lipinski definition) is 2. The standard InChI is InChI=1S/C6H10ClN3OS/c1-6(2,11)3-8-5-4(7)9-12-10-5/h11H,3H2,1-2H3,(H,8,10). The third-order valence-electron chi connectivity index (χ3n) is 1.14. The molecule has 0 spiro atoms. The number of aromatic nitrogens is 2. The van der Waals surface area contributed by atoms with Crippen molar-refractivity contribution < 1.29 is 5.11 Å². The molecule has 0 atom stereocenters. The average Bonchev–Trinajstić information content (AvgIpc) is 2.29. The molecule has 0 unspecified atom stereocenters. The van der Waals surface area contributed by atoms with Gasteiger partial charge in [0.2, 0.25) is 0 Å². The molecule has 0 aliphatic heterocycles. The number of halogens is 1. The summed E-state index contributed by atoms with van der Waals surface area (Å²) in [4.78, 5) is 0. The van der Waals surface area contributed by atoms with Crippen molar-refractivity contribution in [3.05, 3.63) is 5.15 Å². The SMILES string of the molecule is CC(C)(O)CNc1nsnc1Cl. The molecule has 68 valence electrons. The topological polar surface area (TPSA) is 58.0 Å². The summed E-state index contributed by atoms with van der Waals surface area (Å²) in [6.45, 7) is 3.81. The Hall–Kier alpha value is -0.390. The zero-order chi connectivity index (χ0) is 9.19. The van der Waals surface area contributed by atoms with E-state index in [1.54, 1.807) is 13.8 Å². The fourth-order valence-corrected chi connectivity index (χ4v) is 1.27. The predicted molar refractivity (Wildman–Crippen MR) is 49.7 cm³/mol. The van der Waals surface area contributed by atoms with Gasteiger partial charge >= 0.3 is 0 Å². The summed E-state index contributed by atoms with van der Waals surface area (Å²) in [5.41, 5.74) is -0.771. The van der Waals surface area contributed by atoms with Gasteiger partial charge in [-0.2, -0.15) is 8.75 Å². The van der Waals surface area contributed by atoms with Gasteiger partial charge in [0, 0.05) is 6.54 Å². The zero-order valence-corrected chi connectivity index (χ0v) is 8.41. The molecule has 1 rings (SSSR count). The van der Waals surface area contributed by atoms with Crippen LogP contribution in [0.1, 0.15) is 13.8 Å². The van der Waals surface area contributed by atoms with E-state index in [1.807, 2.05) is 0 Å². The highest BCUT2D eigenvalue weighted by molar-refractivity contribution is 6.99. The maximum Gasteiger partial charge on any atom is 0.186 e. The molecule has 4 nitrogen and oxygen atoms in total. The molecule has 0 fully saturated rings. The first-order chi connectivity index (χ1) is 5.49. The lowest BCUT2D eigenvalue weighted by atomic mass is 10.1. The third kappa shape index (κ3) is 2.92. The van der Waals surface area contributed by atoms with Crippen LogP contribution in [0.2, 0.25) is 5.15 Å². The van der Waals surface area contributed by atoms with Crippen LogP contribution in [0.5, 0.6) is 0 Å². The Morgan fingerprint density at radius 2 is 2.25 bits per heavy atom. The minimum absolute atomic E-state index is 0.351. The van der Waals surface area contributed by atoms with Crippen LogP contribution in [0.15, 0.2) is 0 Å². The average molecular weight is 208 g/mol. The molecule has 0 saturated heterocycles. The van der Waals surface area contributed by atoms with E-state index in [1.165, 1.54) is 0 Å². The Morgan fingerprint density at radius 1 is 1.58 bits per heavy atom. The van der Waals surface area contributed by atoms with Gasteiger partial charge in [-0.05, 0) is 13.8 Å². The zero-order valence-electron chi connectivity index (χ0n) is 6.83. The highest BCUT2D eigenvalue weighted by Gasteiger charge is 2.13. The molecule has 1 aromatic heterocycles. The van der Waals surface area contributed by atoms with Gasteiger partial charge in [0.05, 0.1) is 17.3 Å². The summed E-state index contributed by atoms with van der Waals surface area (Å²) in [5, 5.41) is 12.6. The van der Waals surface area contributed by atoms with Gasteiger partial charge in [-0.3, -0.25) is 0 Å². The van der Waals surface area contributed by atoms with Crippen molar-refractivity contribution in [2.45, 2.75) is 19.4 Å². The van der Waals surface area contributed by atoms with Gasteiger partial charge in [-0.1, -0.05) is 11.6 Å². The highest BCUT2D eigenvalue weighted by atomic mass is 35.5. The summed E-state index contributed by atoms with van der Waals surface area (Å²) >= 11 is 6.70. The second-order valence-corrected chi connectivity index (χ2v) is 3.96. The second-order valence-electron chi connectivity index (χ2n) is 3.07. The molecule has 1 aromatic rings. The lowest BCUT2D eigenvalue weighted by Gasteiger charge is -2.16. The molecular weight excluding hydrogens is 198 g/mol. The molecule has 0 bridgehead atoms. The molecule has 0 aromatic carbocycles. The van der Waals surface area contributed by atoms with Crippen molar-refractivity contribution in [1.82, 2.24) is 8.75 Å². The van der Waals surface area contributed by atoms with Crippen LogP contribution in [-0.2, 0) is 0 Å². The smallest absolute Gasteiger partial charge is 0.186 e. The van der Waals surface area contributed by atoms with Crippen LogP contribution in [0.25, 0.3) is 0 Å². The van der Waals surface area contributed by atoms with Gasteiger partial charge in [-0.25, -0.2) is 0 Å². The molecule has 0 amide bonds. The number of aliphatic hydroxyl groups is 1. The van der Waals surface area contributed by atoms with Crippen molar-refractivity contribution in [1.29, 1.82) is 0 Å². The number of nitrogens with zero attached hydrogens (tertiary/aromatic N) is 2. The maximum atomic E-state index is 9.36. The van der Waals surface area contributed by atoms with E-state index in [4.69, 9.17) is 11.6 Å². The first-order valence-electron chi connectivity index (χ1n) is 3.43. The van der Waals surface area contributed by atoms with Crippen LogP contribution in [-0.4, -0.2) is 26.0 Å². The van der Waals surface area contributed by atoms with Gasteiger partial charge < -0.3 is 10.4 Å². The lowest BCUT2D eigenvalue weighted by molar-refractivity contribution is 0.0944. The second kappa shape index (κ2) is 3.55. The molecule has 0 radical (unpaired) electrons. The number of hydrogen-bond acceptors (Lipinski definition) is 5. The Bertz CT molecular complexity index is 258. The van der Waals surface area contributed by atoms with E-state index in [0.29, 0.717) is 17.5 Å². The van der Waals surface area contributed by atoms with E-state index in [-0.39, 0.29) is 0 Å². The molecule has 0 saturated carbocycles. The number of nitrogens with one attached hydrogen (secondary N) is 1. The van der Waals surface area contributed by atoms with Gasteiger partial charge in [0.25, 0.3) is 0 Å². The summed E-state index contributed by atoms with van der Waals surface area (Å²) in [6.07, 6.45) is 0. The Morgan fingerprint density at radius 3 is 2.67 bits per heavy atom. The minimum Gasteiger partial charge on any atom is -0.389 e. The van der Waals surface area contributed by atoms with Crippen molar-refractivity contribution in [2.24, 2.45) is 0 Å². The third-order valence-corrected chi connectivity index (χ3v) is 2.03. The van der Waals surface area contributed by atoms with E-state index in [9.17, 15) is 5.11 Å². The van der Waals surface area contributed by atoms with Crippen molar-refractivity contribution in [3.8, 4) is 0 Å². The van der Waals surface area contributed by atoms with Crippen LogP contribution in [0, 0.1) is 0 Å². The molecule has 6 heteroatoms. The first-order valence-corrected chi connectivity index (χ1v) is 4.54. The van der Waals surface area contributed by atoms with Gasteiger partial charge in [0.15, 0.2) is 11.0 Å². The molecule has 12 heavy (non-hydrogen) atoms. The van der Waals surface area contributed by atoms with Crippen LogP contribution in [0.4, 0.5) is 5.82 Å². The Balaban J connectivity index is 2.49. The Labute approximate surface area is 79.9 Å². The monoisotopic (exact) mass is 207 g/mol. The van der Waals surface area contributed by atoms with E-state index < -0.39 is 5.60 Å². The number of rotatable bonds is 3. The fourth-order valence-electron chi connectivity index (χ4n) is 0.583. The lowest BCUT2D eigenvalue weighted by Crippen LogP contribution is -2.29. The summed E-state index contributed by atoms with van der Waals surface area (Å²) in [5.74, 6) is 0.531. The highest BCUT2D eigenvalue weighted by Crippen LogP contribution is 2.18. The summed E-state index contributed by atoms with van der Waals surface area (Å²) in [6, 6.07) is 0. The van der Waals surface area contributed by atoms with Gasteiger partial charge in [-0.15, -0.1) is 0 Å². The molecule has 0 aliphatic carbocycles. The molecule has 1 heterocycles. The van der Waals surface area contributed by atoms with Crippen LogP contribution < -0.4 is 5.32 Å². The Kier molecular flexibility index (Phi) is 2.87. The van der Waals surface area contributed by atoms with E-state index in [0.717, 1.165) is 11.7 Å². The molecule has 2 N–H and O–H groups in total. The van der Waals surface area contributed by atoms with Crippen molar-refractivity contribution in [2.75, 3.05) is 11.9 Å². The van der Waals surface area contributed by atoms with Gasteiger partial charge in [0.1, 0.15) is 0 Å².